The van der Waals surface area contributed by atoms with Gasteiger partial charge in [0.2, 0.25) is 11.8 Å². The normalized spacial score (nSPS) is 12.8. The Morgan fingerprint density at radius 3 is 1.28 bits per heavy atom. The van der Waals surface area contributed by atoms with Crippen molar-refractivity contribution in [3.8, 4) is 0 Å². The number of hydrogen-bond acceptors (Lipinski definition) is 8. The van der Waals surface area contributed by atoms with Gasteiger partial charge < -0.3 is 58.2 Å². The molecule has 12 N–H and O–H groups in total. The van der Waals surface area contributed by atoms with Gasteiger partial charge in [0.25, 0.3) is 0 Å². The predicted molar refractivity (Wildman–Crippen MR) is 189 cm³/mol. The maximum atomic E-state index is 11.8. The Balaban J connectivity index is -0.000000417. The second-order valence-corrected chi connectivity index (χ2v) is 11.0. The van der Waals surface area contributed by atoms with E-state index in [4.69, 9.17) is 21.7 Å². The van der Waals surface area contributed by atoms with E-state index in [9.17, 15) is 39.0 Å². The van der Waals surface area contributed by atoms with Gasteiger partial charge in [0, 0.05) is 59.9 Å². The van der Waals surface area contributed by atoms with Gasteiger partial charge in [-0.3, -0.25) is 19.2 Å². The smallest absolute Gasteiger partial charge is 1.00 e. The fourth-order valence-electron chi connectivity index (χ4n) is 4.79. The molecule has 4 rings (SSSR count). The van der Waals surface area contributed by atoms with Crippen molar-refractivity contribution in [2.45, 2.75) is 62.7 Å². The molecule has 0 aliphatic heterocycles. The first-order chi connectivity index (χ1) is 22.8. The van der Waals surface area contributed by atoms with Crippen molar-refractivity contribution in [1.29, 1.82) is 0 Å². The first-order valence-corrected chi connectivity index (χ1v) is 14.9. The number of aromatic nitrogens is 2. The first kappa shape index (κ1) is 44.3. The number of amides is 2. The average Bonchev–Trinajstić information content (AvgIpc) is 3.65. The average molecular weight is 735 g/mol. The van der Waals surface area contributed by atoms with Crippen LogP contribution in [0.4, 0.5) is 0 Å². The van der Waals surface area contributed by atoms with E-state index >= 15 is 0 Å². The molecule has 2 aromatic heterocycles. The van der Waals surface area contributed by atoms with Gasteiger partial charge in [0.1, 0.15) is 24.2 Å². The second-order valence-electron chi connectivity index (χ2n) is 11.0. The van der Waals surface area contributed by atoms with E-state index in [0.29, 0.717) is 0 Å². The summed E-state index contributed by atoms with van der Waals surface area (Å²) in [6.45, 7) is 0. The Hall–Kier alpha value is -3.71. The molecule has 0 aliphatic rings. The molecule has 0 fully saturated rings. The van der Waals surface area contributed by atoms with Gasteiger partial charge in [-0.15, -0.1) is 0 Å². The number of benzene rings is 2. The Morgan fingerprint density at radius 2 is 0.960 bits per heavy atom. The van der Waals surface area contributed by atoms with Crippen LogP contribution in [-0.2, 0) is 41.6 Å². The van der Waals surface area contributed by atoms with Crippen LogP contribution in [0.25, 0.3) is 21.8 Å². The Kier molecular flexibility index (Phi) is 19.0. The van der Waals surface area contributed by atoms with E-state index in [2.05, 4.69) is 20.6 Å². The zero-order chi connectivity index (χ0) is 35.4. The van der Waals surface area contributed by atoms with Gasteiger partial charge in [0.05, 0.1) is 0 Å². The number of rotatable bonds is 16. The SMILES string of the molecule is N[C@H](CCC(=O)N[C@H](Cc1c[nH]c2ccccc12)C(=O)O)C(=O)O.N[C@H](CCC(=O)N[C@H](Cc1c[nH]c2ccccc12)C(=O)O)C(=O)O.[Ca+2].[H-].[H-].[H-].[H-].[Mg+2]. The topological polar surface area (TPSA) is 291 Å². The largest absolute Gasteiger partial charge is 2.00 e. The molecule has 2 aromatic carbocycles. The molecule has 0 radical (unpaired) electrons. The van der Waals surface area contributed by atoms with E-state index in [-0.39, 0.29) is 105 Å². The maximum absolute atomic E-state index is 11.8. The number of carbonyl (C=O) groups excluding carboxylic acids is 2. The molecule has 0 spiro atoms. The number of aliphatic carboxylic acids is 4. The number of nitrogens with two attached hydrogens (primary N) is 2. The van der Waals surface area contributed by atoms with E-state index in [1.807, 2.05) is 48.5 Å². The second kappa shape index (κ2) is 21.5. The zero-order valence-electron chi connectivity index (χ0n) is 31.1. The zero-order valence-corrected chi connectivity index (χ0v) is 30.8. The summed E-state index contributed by atoms with van der Waals surface area (Å²) in [5.41, 5.74) is 14.0. The molecule has 4 atom stereocenters. The molecule has 4 aromatic rings. The van der Waals surface area contributed by atoms with Gasteiger partial charge in [-0.25, -0.2) is 9.59 Å². The Morgan fingerprint density at radius 1 is 0.620 bits per heavy atom. The molecule has 0 aliphatic carbocycles. The van der Waals surface area contributed by atoms with Gasteiger partial charge in [-0.1, -0.05) is 36.4 Å². The van der Waals surface area contributed by atoms with Gasteiger partial charge in [-0.2, -0.15) is 0 Å². The monoisotopic (exact) mass is 734 g/mol. The van der Waals surface area contributed by atoms with Crippen molar-refractivity contribution in [3.05, 3.63) is 72.1 Å². The number of hydrogen-bond donors (Lipinski definition) is 10. The van der Waals surface area contributed by atoms with Crippen LogP contribution in [-0.4, -0.2) is 151 Å². The van der Waals surface area contributed by atoms with E-state index in [1.165, 1.54) is 0 Å². The number of aromatic amines is 2. The van der Waals surface area contributed by atoms with Crippen LogP contribution in [0.3, 0.4) is 0 Å². The minimum absolute atomic E-state index is 0. The number of nitrogens with one attached hydrogen (secondary N) is 4. The van der Waals surface area contributed by atoms with Crippen LogP contribution in [0.5, 0.6) is 0 Å². The number of fused-ring (bicyclic) bond motifs is 2. The minimum atomic E-state index is -1.20. The summed E-state index contributed by atoms with van der Waals surface area (Å²) >= 11 is 0. The Labute approximate surface area is 337 Å². The molecule has 0 saturated heterocycles. The number of carbonyl (C=O) groups is 6. The molecule has 50 heavy (non-hydrogen) atoms. The summed E-state index contributed by atoms with van der Waals surface area (Å²) < 4.78 is 0. The first-order valence-electron chi connectivity index (χ1n) is 14.9. The minimum Gasteiger partial charge on any atom is -1.00 e. The summed E-state index contributed by atoms with van der Waals surface area (Å²) in [7, 11) is 0. The van der Waals surface area contributed by atoms with Crippen molar-refractivity contribution < 1.29 is 54.9 Å². The van der Waals surface area contributed by atoms with Crippen molar-refractivity contribution in [3.63, 3.8) is 0 Å². The molecule has 18 heteroatoms. The number of carboxylic acid groups (broad SMARTS) is 4. The third kappa shape index (κ3) is 13.5. The number of carboxylic acids is 4. The number of para-hydroxylation sites is 2. The fourth-order valence-corrected chi connectivity index (χ4v) is 4.79. The van der Waals surface area contributed by atoms with Gasteiger partial charge in [-0.05, 0) is 36.1 Å². The maximum Gasteiger partial charge on any atom is 2.00 e. The van der Waals surface area contributed by atoms with Gasteiger partial charge >= 0.3 is 84.7 Å². The molecule has 0 unspecified atom stereocenters. The molecular formula is C32H42CaMgN6O10. The summed E-state index contributed by atoms with van der Waals surface area (Å²) in [5, 5.41) is 42.6. The summed E-state index contributed by atoms with van der Waals surface area (Å²) in [5.74, 6) is -5.79. The van der Waals surface area contributed by atoms with Crippen LogP contribution in [0.2, 0.25) is 0 Å². The van der Waals surface area contributed by atoms with Crippen molar-refractivity contribution in [2.75, 3.05) is 0 Å². The molecule has 0 bridgehead atoms. The van der Waals surface area contributed by atoms with E-state index < -0.39 is 59.9 Å². The quantitative estimate of drug-likeness (QED) is 0.0710. The molecule has 264 valence electrons. The third-order valence-corrected chi connectivity index (χ3v) is 7.46. The van der Waals surface area contributed by atoms with Gasteiger partial charge in [0.15, 0.2) is 0 Å². The molecule has 0 saturated carbocycles. The van der Waals surface area contributed by atoms with Crippen molar-refractivity contribution in [1.82, 2.24) is 20.6 Å². The Bertz CT molecular complexity index is 1670. The van der Waals surface area contributed by atoms with Crippen LogP contribution in [0.15, 0.2) is 60.9 Å². The van der Waals surface area contributed by atoms with Crippen LogP contribution >= 0.6 is 0 Å². The fraction of sp³-hybridized carbons (Fsp3) is 0.312. The predicted octanol–water partition coefficient (Wildman–Crippen LogP) is 0.632. The molecule has 2 amide bonds. The third-order valence-electron chi connectivity index (χ3n) is 7.46. The van der Waals surface area contributed by atoms with E-state index in [1.54, 1.807) is 12.4 Å². The molecule has 2 heterocycles. The van der Waals surface area contributed by atoms with Crippen LogP contribution < -0.4 is 22.1 Å². The summed E-state index contributed by atoms with van der Waals surface area (Å²) in [6.07, 6.45) is 3.27. The molecule has 16 nitrogen and oxygen atoms in total. The summed E-state index contributed by atoms with van der Waals surface area (Å²) in [6, 6.07) is 10.4. The van der Waals surface area contributed by atoms with Crippen molar-refractivity contribution in [2.24, 2.45) is 11.5 Å². The molecular weight excluding hydrogens is 693 g/mol. The van der Waals surface area contributed by atoms with Crippen LogP contribution in [0, 0.1) is 0 Å². The van der Waals surface area contributed by atoms with Crippen LogP contribution in [0.1, 0.15) is 42.5 Å². The van der Waals surface area contributed by atoms with E-state index in [0.717, 1.165) is 32.9 Å². The standard InChI is InChI=1S/2C16H19N3O5.Ca.Mg.4H/c2*17-11(15(21)22)5-6-14(20)19-13(16(23)24)7-9-8-18-12-4-2-1-3-10(9)12;;;;;;/h2*1-4,8,11,13,18H,5-7,17H2,(H,19,20)(H,21,22)(H,23,24);;;;;;/q;;2*+2;4*-1/t2*11-,13-;;;;;;/m11....../s1. The van der Waals surface area contributed by atoms with Crippen molar-refractivity contribution >= 4 is 118 Å². The number of H-pyrrole nitrogens is 2. The summed E-state index contributed by atoms with van der Waals surface area (Å²) in [4.78, 5) is 73.8.